The molecule has 2 amide bonds. The van der Waals surface area contributed by atoms with Crippen molar-refractivity contribution in [2.75, 3.05) is 49.0 Å². The molecule has 1 aromatic carbocycles. The molecule has 1 aromatic heterocycles. The van der Waals surface area contributed by atoms with Gasteiger partial charge in [0.15, 0.2) is 5.82 Å². The molecule has 10 nitrogen and oxygen atoms in total. The molecule has 0 spiro atoms. The summed E-state index contributed by atoms with van der Waals surface area (Å²) in [7, 11) is 3.32. The van der Waals surface area contributed by atoms with Gasteiger partial charge in [0, 0.05) is 44.8 Å². The minimum Gasteiger partial charge on any atom is -0.495 e. The van der Waals surface area contributed by atoms with Crippen molar-refractivity contribution in [1.29, 1.82) is 0 Å². The SMILES string of the molecule is COc1cc(C(=O)NCCCCO)ccc1Nc1ncc2c(n1)N(C1CCCC1)CCC(=O)N2C. The number of amides is 2. The molecule has 1 fully saturated rings. The lowest BCUT2D eigenvalue weighted by molar-refractivity contribution is -0.118. The van der Waals surface area contributed by atoms with Crippen LogP contribution < -0.4 is 25.2 Å². The second-order valence-corrected chi connectivity index (χ2v) is 8.96. The third-order valence-corrected chi connectivity index (χ3v) is 6.67. The largest absolute Gasteiger partial charge is 0.495 e. The van der Waals surface area contributed by atoms with Crippen molar-refractivity contribution < 1.29 is 19.4 Å². The van der Waals surface area contributed by atoms with E-state index in [9.17, 15) is 9.59 Å². The van der Waals surface area contributed by atoms with Gasteiger partial charge in [0.1, 0.15) is 11.4 Å². The fourth-order valence-corrected chi connectivity index (χ4v) is 4.67. The summed E-state index contributed by atoms with van der Waals surface area (Å²) in [5, 5.41) is 14.9. The van der Waals surface area contributed by atoms with Gasteiger partial charge in [-0.3, -0.25) is 9.59 Å². The molecule has 1 aliphatic carbocycles. The van der Waals surface area contributed by atoms with Crippen molar-refractivity contribution in [3.63, 3.8) is 0 Å². The summed E-state index contributed by atoms with van der Waals surface area (Å²) in [6.07, 6.45) is 8.08. The summed E-state index contributed by atoms with van der Waals surface area (Å²) in [4.78, 5) is 38.2. The summed E-state index contributed by atoms with van der Waals surface area (Å²) in [5.74, 6) is 1.51. The van der Waals surface area contributed by atoms with Gasteiger partial charge in [-0.2, -0.15) is 4.98 Å². The quantitative estimate of drug-likeness (QED) is 0.467. The van der Waals surface area contributed by atoms with E-state index in [1.165, 1.54) is 12.8 Å². The highest BCUT2D eigenvalue weighted by molar-refractivity contribution is 5.97. The molecule has 2 aromatic rings. The fraction of sp³-hybridized carbons (Fsp3) is 0.520. The number of hydrogen-bond donors (Lipinski definition) is 3. The molecule has 10 heteroatoms. The number of benzene rings is 1. The Kier molecular flexibility index (Phi) is 8.02. The van der Waals surface area contributed by atoms with Crippen molar-refractivity contribution in [3.8, 4) is 5.75 Å². The number of anilines is 4. The van der Waals surface area contributed by atoms with E-state index >= 15 is 0 Å². The zero-order valence-corrected chi connectivity index (χ0v) is 20.4. The monoisotopic (exact) mass is 482 g/mol. The Morgan fingerprint density at radius 1 is 1.26 bits per heavy atom. The number of nitrogens with one attached hydrogen (secondary N) is 2. The minimum absolute atomic E-state index is 0.0583. The number of aliphatic hydroxyl groups excluding tert-OH is 1. The third-order valence-electron chi connectivity index (χ3n) is 6.67. The molecule has 4 rings (SSSR count). The van der Waals surface area contributed by atoms with Crippen LogP contribution in [0.2, 0.25) is 0 Å². The predicted octanol–water partition coefficient (Wildman–Crippen LogP) is 2.85. The Bertz CT molecular complexity index is 1060. The summed E-state index contributed by atoms with van der Waals surface area (Å²) in [6, 6.07) is 5.53. The average molecular weight is 483 g/mol. The number of rotatable bonds is 9. The number of aliphatic hydroxyl groups is 1. The molecule has 3 N–H and O–H groups in total. The van der Waals surface area contributed by atoms with Gasteiger partial charge in [-0.05, 0) is 43.9 Å². The average Bonchev–Trinajstić information content (AvgIpc) is 3.37. The number of nitrogens with zero attached hydrogens (tertiary/aromatic N) is 4. The van der Waals surface area contributed by atoms with Crippen molar-refractivity contribution >= 4 is 35.0 Å². The number of unbranched alkanes of at least 4 members (excludes halogenated alkanes) is 1. The second kappa shape index (κ2) is 11.4. The summed E-state index contributed by atoms with van der Waals surface area (Å²) >= 11 is 0. The molecule has 0 radical (unpaired) electrons. The zero-order chi connectivity index (χ0) is 24.8. The highest BCUT2D eigenvalue weighted by atomic mass is 16.5. The van der Waals surface area contributed by atoms with Crippen LogP contribution in [0.15, 0.2) is 24.4 Å². The molecule has 1 saturated carbocycles. The van der Waals surface area contributed by atoms with E-state index in [4.69, 9.17) is 14.8 Å². The molecule has 1 aliphatic heterocycles. The molecular formula is C25H34N6O4. The van der Waals surface area contributed by atoms with Crippen LogP contribution in [0.3, 0.4) is 0 Å². The highest BCUT2D eigenvalue weighted by Gasteiger charge is 2.31. The summed E-state index contributed by atoms with van der Waals surface area (Å²) in [6.45, 7) is 1.25. The van der Waals surface area contributed by atoms with E-state index in [2.05, 4.69) is 20.5 Å². The van der Waals surface area contributed by atoms with Crippen molar-refractivity contribution in [2.45, 2.75) is 51.0 Å². The normalized spacial score (nSPS) is 16.1. The Morgan fingerprint density at radius 3 is 2.80 bits per heavy atom. The van der Waals surface area contributed by atoms with Crippen molar-refractivity contribution in [1.82, 2.24) is 15.3 Å². The molecular weight excluding hydrogens is 448 g/mol. The van der Waals surface area contributed by atoms with E-state index in [1.807, 2.05) is 0 Å². The number of carbonyl (C=O) groups excluding carboxylic acids is 2. The molecule has 2 heterocycles. The minimum atomic E-state index is -0.200. The second-order valence-electron chi connectivity index (χ2n) is 8.96. The van der Waals surface area contributed by atoms with E-state index in [-0.39, 0.29) is 18.4 Å². The Labute approximate surface area is 205 Å². The lowest BCUT2D eigenvalue weighted by Crippen LogP contribution is -2.34. The Balaban J connectivity index is 1.56. The van der Waals surface area contributed by atoms with Crippen LogP contribution in [0, 0.1) is 0 Å². The fourth-order valence-electron chi connectivity index (χ4n) is 4.67. The first-order chi connectivity index (χ1) is 17.0. The Morgan fingerprint density at radius 2 is 2.06 bits per heavy atom. The first kappa shape index (κ1) is 24.7. The maximum atomic E-state index is 12.5. The summed E-state index contributed by atoms with van der Waals surface area (Å²) in [5.41, 5.74) is 1.83. The van der Waals surface area contributed by atoms with E-state index in [0.717, 1.165) is 18.7 Å². The lowest BCUT2D eigenvalue weighted by atomic mass is 10.1. The number of aromatic nitrogens is 2. The predicted molar refractivity (Wildman–Crippen MR) is 135 cm³/mol. The molecule has 0 atom stereocenters. The van der Waals surface area contributed by atoms with Gasteiger partial charge >= 0.3 is 0 Å². The molecule has 0 saturated heterocycles. The molecule has 2 aliphatic rings. The van der Waals surface area contributed by atoms with Gasteiger partial charge in [0.2, 0.25) is 11.9 Å². The van der Waals surface area contributed by atoms with Crippen molar-refractivity contribution in [2.24, 2.45) is 0 Å². The van der Waals surface area contributed by atoms with Gasteiger partial charge in [0.25, 0.3) is 5.91 Å². The smallest absolute Gasteiger partial charge is 0.251 e. The van der Waals surface area contributed by atoms with Gasteiger partial charge < -0.3 is 30.3 Å². The van der Waals surface area contributed by atoms with Crippen LogP contribution >= 0.6 is 0 Å². The number of hydrogen-bond acceptors (Lipinski definition) is 8. The maximum absolute atomic E-state index is 12.5. The van der Waals surface area contributed by atoms with E-state index in [0.29, 0.717) is 67.0 Å². The highest BCUT2D eigenvalue weighted by Crippen LogP contribution is 2.36. The maximum Gasteiger partial charge on any atom is 0.251 e. The summed E-state index contributed by atoms with van der Waals surface area (Å²) < 4.78 is 5.52. The van der Waals surface area contributed by atoms with Crippen molar-refractivity contribution in [3.05, 3.63) is 30.0 Å². The Hall–Kier alpha value is -3.40. The number of carbonyl (C=O) groups is 2. The standard InChI is InChI=1S/C25H34N6O4/c1-30-20-16-27-25(29-23(20)31(13-11-22(30)33)18-7-3-4-8-18)28-19-10-9-17(15-21(19)35-2)24(34)26-12-5-6-14-32/h9-10,15-16,18,32H,3-8,11-14H2,1-2H3,(H,26,34)(H,27,28,29). The van der Waals surface area contributed by atoms with Crippen LogP contribution in [-0.4, -0.2) is 66.8 Å². The topological polar surface area (TPSA) is 120 Å². The van der Waals surface area contributed by atoms with Crippen LogP contribution in [0.1, 0.15) is 55.3 Å². The number of fused-ring (bicyclic) bond motifs is 1. The van der Waals surface area contributed by atoms with Crippen LogP contribution in [-0.2, 0) is 4.79 Å². The zero-order valence-electron chi connectivity index (χ0n) is 20.4. The lowest BCUT2D eigenvalue weighted by Gasteiger charge is -2.30. The van der Waals surface area contributed by atoms with Gasteiger partial charge in [-0.25, -0.2) is 4.98 Å². The van der Waals surface area contributed by atoms with E-state index in [1.54, 1.807) is 43.5 Å². The van der Waals surface area contributed by atoms with Gasteiger partial charge in [-0.15, -0.1) is 0 Å². The van der Waals surface area contributed by atoms with Gasteiger partial charge in [0.05, 0.1) is 19.0 Å². The number of ether oxygens (including phenoxy) is 1. The van der Waals surface area contributed by atoms with Gasteiger partial charge in [-0.1, -0.05) is 12.8 Å². The molecule has 0 unspecified atom stereocenters. The number of methoxy groups -OCH3 is 1. The van der Waals surface area contributed by atoms with E-state index < -0.39 is 0 Å². The first-order valence-corrected chi connectivity index (χ1v) is 12.3. The molecule has 35 heavy (non-hydrogen) atoms. The molecule has 188 valence electrons. The first-order valence-electron chi connectivity index (χ1n) is 12.3. The molecule has 0 bridgehead atoms. The van der Waals surface area contributed by atoms with Crippen LogP contribution in [0.4, 0.5) is 23.1 Å². The van der Waals surface area contributed by atoms with Crippen LogP contribution in [0.5, 0.6) is 5.75 Å². The van der Waals surface area contributed by atoms with Crippen LogP contribution in [0.25, 0.3) is 0 Å². The third kappa shape index (κ3) is 5.64.